The molecule has 1 radical (unpaired) electrons. The smallest absolute Gasteiger partial charge is 0.303 e. The summed E-state index contributed by atoms with van der Waals surface area (Å²) in [4.78, 5) is 22.8. The van der Waals surface area contributed by atoms with Gasteiger partial charge in [0.1, 0.15) is 11.5 Å². The van der Waals surface area contributed by atoms with Crippen LogP contribution in [0.25, 0.3) is 22.3 Å². The average molecular weight is 1630 g/mol. The van der Waals surface area contributed by atoms with Crippen LogP contribution in [0.2, 0.25) is 0 Å². The molecular weight excluding hydrogens is 1500 g/mol. The largest absolute Gasteiger partial charge is 0.494 e. The normalized spacial score (nSPS) is 12.3. The molecule has 4 rings (SSSR count). The van der Waals surface area contributed by atoms with Gasteiger partial charge in [-0.05, 0) is 84.7 Å². The number of ether oxygens (including phenoxy) is 25. The molecule has 0 aliphatic heterocycles. The summed E-state index contributed by atoms with van der Waals surface area (Å²) in [7, 11) is 3.29. The first-order valence-corrected chi connectivity index (χ1v) is 38.8. The molecule has 3 aromatic rings. The average Bonchev–Trinajstić information content (AvgIpc) is 1.57. The number of aliphatic carboxylic acids is 1. The quantitative estimate of drug-likeness (QED) is 0.0413. The predicted octanol–water partition coefficient (Wildman–Crippen LogP) is 8.01. The Morgan fingerprint density at radius 1 is 0.303 bits per heavy atom. The fraction of sp³-hybridized carbons (Fsp3) is 0.750. The first-order valence-electron chi connectivity index (χ1n) is 38.8. The maximum absolute atomic E-state index is 12.0. The van der Waals surface area contributed by atoms with Gasteiger partial charge in [-0.3, -0.25) is 9.59 Å². The summed E-state index contributed by atoms with van der Waals surface area (Å²) in [5.41, 5.74) is 6.92. The molecular formula is C80H131O28Y-. The third-order valence-corrected chi connectivity index (χ3v) is 16.5. The van der Waals surface area contributed by atoms with Crippen LogP contribution in [-0.2, 0) is 161 Å². The number of carbonyl (C=O) groups excluding carboxylic acids is 1. The number of fused-ring (bicyclic) bond motifs is 3. The van der Waals surface area contributed by atoms with Crippen LogP contribution in [0.4, 0.5) is 0 Å². The van der Waals surface area contributed by atoms with E-state index in [1.54, 1.807) is 14.2 Å². The van der Waals surface area contributed by atoms with E-state index in [4.69, 9.17) is 124 Å². The first kappa shape index (κ1) is 99.9. The molecule has 28 nitrogen and oxygen atoms in total. The van der Waals surface area contributed by atoms with E-state index in [-0.39, 0.29) is 56.7 Å². The summed E-state index contributed by atoms with van der Waals surface area (Å²) in [6.07, 6.45) is 6.11. The molecule has 0 atom stereocenters. The minimum Gasteiger partial charge on any atom is -0.494 e. The Hall–Kier alpha value is -3.26. The minimum atomic E-state index is -0.947. The van der Waals surface area contributed by atoms with Crippen LogP contribution in [0, 0.1) is 6.07 Å². The Kier molecular flexibility index (Phi) is 68.6. The number of ketones is 1. The van der Waals surface area contributed by atoms with E-state index in [2.05, 4.69) is 48.5 Å². The van der Waals surface area contributed by atoms with Crippen LogP contribution in [0.15, 0.2) is 60.7 Å². The molecule has 0 bridgehead atoms. The molecule has 0 spiro atoms. The molecule has 0 unspecified atom stereocenters. The first-order chi connectivity index (χ1) is 53.5. The number of carbonyl (C=O) groups is 2. The van der Waals surface area contributed by atoms with E-state index < -0.39 is 5.97 Å². The molecule has 3 aromatic carbocycles. The van der Waals surface area contributed by atoms with E-state index >= 15 is 0 Å². The molecule has 0 saturated heterocycles. The van der Waals surface area contributed by atoms with Crippen molar-refractivity contribution in [2.75, 3.05) is 325 Å². The van der Waals surface area contributed by atoms with Crippen molar-refractivity contribution in [1.29, 1.82) is 0 Å². The van der Waals surface area contributed by atoms with E-state index in [0.717, 1.165) is 61.8 Å². The molecule has 29 heteroatoms. The number of hydrogen-bond donors (Lipinski definition) is 1. The maximum atomic E-state index is 12.0. The van der Waals surface area contributed by atoms with Crippen molar-refractivity contribution in [1.82, 2.24) is 0 Å². The van der Waals surface area contributed by atoms with Crippen LogP contribution in [0.3, 0.4) is 0 Å². The zero-order chi connectivity index (χ0) is 76.5. The van der Waals surface area contributed by atoms with Gasteiger partial charge in [0.05, 0.1) is 304 Å². The number of unbranched alkanes of at least 4 members (excludes halogenated alkanes) is 2. The van der Waals surface area contributed by atoms with Crippen molar-refractivity contribution < 1.29 is 166 Å². The van der Waals surface area contributed by atoms with Crippen molar-refractivity contribution in [3.8, 4) is 28.0 Å². The zero-order valence-corrected chi connectivity index (χ0v) is 68.5. The van der Waals surface area contributed by atoms with Gasteiger partial charge in [-0.2, -0.15) is 24.3 Å². The molecule has 623 valence electrons. The van der Waals surface area contributed by atoms with Gasteiger partial charge in [0, 0.05) is 73.0 Å². The van der Waals surface area contributed by atoms with Crippen LogP contribution < -0.4 is 4.74 Å². The van der Waals surface area contributed by atoms with Crippen molar-refractivity contribution in [2.24, 2.45) is 0 Å². The van der Waals surface area contributed by atoms with Gasteiger partial charge in [0.2, 0.25) is 0 Å². The van der Waals surface area contributed by atoms with Gasteiger partial charge in [0.25, 0.3) is 0 Å². The monoisotopic (exact) mass is 1630 g/mol. The van der Waals surface area contributed by atoms with E-state index in [1.807, 2.05) is 18.2 Å². The molecule has 0 saturated carbocycles. The van der Waals surface area contributed by atoms with Gasteiger partial charge >= 0.3 is 5.97 Å². The molecule has 1 N–H and O–H groups in total. The second kappa shape index (κ2) is 74.8. The van der Waals surface area contributed by atoms with E-state index in [0.29, 0.717) is 317 Å². The third kappa shape index (κ3) is 54.3. The van der Waals surface area contributed by atoms with Crippen molar-refractivity contribution in [3.63, 3.8) is 0 Å². The van der Waals surface area contributed by atoms with Gasteiger partial charge in [-0.1, -0.05) is 30.3 Å². The van der Waals surface area contributed by atoms with Crippen LogP contribution in [0.1, 0.15) is 75.3 Å². The number of methoxy groups -OCH3 is 2. The number of rotatable bonds is 85. The van der Waals surface area contributed by atoms with Gasteiger partial charge < -0.3 is 124 Å². The standard InChI is InChI=1S/C80H131O28.Y/c1-84-26-28-88-34-36-92-42-44-96-50-52-100-58-60-104-66-68-106-64-62-102-56-54-98-48-46-94-40-38-90-32-30-86-23-8-21-80(77-12-6-5-11-75(77)76-19-15-72(70-78(76)80)71-13-17-74(18-14-71)108-25-7-3-4-10-73(81)16-20-79(82)83)22-9-24-87-31-33-91-39-41-95-47-49-99-55-57-103-63-65-107-69-67-105-61-59-101-53-51-97-45-43-93-37-35-89-29-27-85-2;/h5,11-15,17-19,70H,3-4,7-10,16,20-69H2,1-2H3,(H,82,83);/q-1;. The number of carboxylic acid groups (broad SMARTS) is 1. The Morgan fingerprint density at radius 2 is 0.596 bits per heavy atom. The third-order valence-electron chi connectivity index (χ3n) is 16.5. The Morgan fingerprint density at radius 3 is 0.908 bits per heavy atom. The molecule has 0 amide bonds. The molecule has 0 fully saturated rings. The van der Waals surface area contributed by atoms with Crippen molar-refractivity contribution in [2.45, 2.75) is 69.6 Å². The topological polar surface area (TPSA) is 285 Å². The Labute approximate surface area is 674 Å². The van der Waals surface area contributed by atoms with Crippen LogP contribution in [-0.4, -0.2) is 342 Å². The summed E-state index contributed by atoms with van der Waals surface area (Å²) < 4.78 is 140. The Bertz CT molecular complexity index is 2430. The second-order valence-corrected chi connectivity index (χ2v) is 24.6. The van der Waals surface area contributed by atoms with Gasteiger partial charge in [0.15, 0.2) is 0 Å². The molecule has 0 aromatic heterocycles. The van der Waals surface area contributed by atoms with Crippen LogP contribution >= 0.6 is 0 Å². The minimum absolute atomic E-state index is 0. The van der Waals surface area contributed by atoms with E-state index in [9.17, 15) is 9.59 Å². The summed E-state index contributed by atoms with van der Waals surface area (Å²) in [5.74, 6) is -0.176. The SMILES string of the molecule is COCCOCCOCCOCCOCCOCCOCCOCCOCCOCCOCCOCCCC1(CCCOCCOCCOCCOCCOCCOCCOCCOCCOCCOCCOCCOC)c2c[c-]ccc2-c2ccc(-c3ccc(OCCCCCC(=O)CCC(=O)O)cc3)cc21.[Y]. The van der Waals surface area contributed by atoms with Crippen LogP contribution in [0.5, 0.6) is 5.75 Å². The summed E-state index contributed by atoms with van der Waals surface area (Å²) >= 11 is 0. The van der Waals surface area contributed by atoms with Gasteiger partial charge in [-0.25, -0.2) is 0 Å². The molecule has 1 aliphatic carbocycles. The zero-order valence-electron chi connectivity index (χ0n) is 65.6. The summed E-state index contributed by atoms with van der Waals surface area (Å²) in [6.45, 7) is 23.4. The molecule has 0 heterocycles. The number of carboxylic acids is 1. The predicted molar refractivity (Wildman–Crippen MR) is 403 cm³/mol. The van der Waals surface area contributed by atoms with E-state index in [1.165, 1.54) is 22.3 Å². The number of Topliss-reactive ketones (excluding diaryl/α,β-unsaturated/α-hetero) is 1. The van der Waals surface area contributed by atoms with Crippen molar-refractivity contribution in [3.05, 3.63) is 77.9 Å². The van der Waals surface area contributed by atoms with Crippen molar-refractivity contribution >= 4 is 11.8 Å². The number of benzene rings is 3. The van der Waals surface area contributed by atoms with Gasteiger partial charge in [-0.15, -0.1) is 11.1 Å². The molecule has 109 heavy (non-hydrogen) atoms. The Balaban J connectivity index is 0.0000308. The second-order valence-electron chi connectivity index (χ2n) is 24.6. The molecule has 1 aliphatic rings. The number of hydrogen-bond acceptors (Lipinski definition) is 27. The maximum Gasteiger partial charge on any atom is 0.303 e. The fourth-order valence-corrected chi connectivity index (χ4v) is 11.0. The summed E-state index contributed by atoms with van der Waals surface area (Å²) in [5, 5.41) is 8.86. The summed E-state index contributed by atoms with van der Waals surface area (Å²) in [6, 6.07) is 24.8. The fourth-order valence-electron chi connectivity index (χ4n) is 11.0.